The number of ether oxygens (including phenoxy) is 1. The number of nitrogens with one attached hydrogen (secondary N) is 2. The Kier molecular flexibility index (Phi) is 7.77. The van der Waals surface area contributed by atoms with Gasteiger partial charge in [0.15, 0.2) is 0 Å². The van der Waals surface area contributed by atoms with Crippen molar-refractivity contribution >= 4 is 27.7 Å². The van der Waals surface area contributed by atoms with Crippen LogP contribution >= 0.6 is 0 Å². The summed E-state index contributed by atoms with van der Waals surface area (Å²) in [4.78, 5) is 20.5. The number of unbranched alkanes of at least 4 members (excludes halogenated alkanes) is 4. The van der Waals surface area contributed by atoms with Gasteiger partial charge < -0.3 is 9.72 Å². The number of hydrogen-bond acceptors (Lipinski definition) is 3. The molecule has 0 fully saturated rings. The van der Waals surface area contributed by atoms with E-state index in [1.165, 1.54) is 10.8 Å². The zero-order valence-corrected chi connectivity index (χ0v) is 18.3. The fourth-order valence-corrected chi connectivity index (χ4v) is 3.86. The first-order valence-corrected chi connectivity index (χ1v) is 11.4. The lowest BCUT2D eigenvalue weighted by Gasteiger charge is -2.07. The molecular weight excluding hydrogens is 400 g/mol. The molecule has 1 aromatic heterocycles. The van der Waals surface area contributed by atoms with E-state index in [4.69, 9.17) is 9.57 Å². The number of amides is 1. The van der Waals surface area contributed by atoms with Gasteiger partial charge in [-0.15, -0.1) is 0 Å². The highest BCUT2D eigenvalue weighted by atomic mass is 16.6. The highest BCUT2D eigenvalue weighted by Crippen LogP contribution is 2.28. The summed E-state index contributed by atoms with van der Waals surface area (Å²) in [5, 5.41) is 2.47. The van der Waals surface area contributed by atoms with Crippen molar-refractivity contribution in [3.8, 4) is 5.75 Å². The van der Waals surface area contributed by atoms with E-state index in [1.54, 1.807) is 0 Å². The van der Waals surface area contributed by atoms with Gasteiger partial charge in [0, 0.05) is 28.8 Å². The van der Waals surface area contributed by atoms with E-state index in [9.17, 15) is 4.79 Å². The third-order valence-corrected chi connectivity index (χ3v) is 5.56. The highest BCUT2D eigenvalue weighted by Gasteiger charge is 2.05. The second kappa shape index (κ2) is 11.3. The summed E-state index contributed by atoms with van der Waals surface area (Å²) in [6.45, 7) is 1.10. The van der Waals surface area contributed by atoms with Crippen molar-refractivity contribution in [1.29, 1.82) is 0 Å². The number of benzene rings is 3. The van der Waals surface area contributed by atoms with Crippen molar-refractivity contribution in [2.24, 2.45) is 0 Å². The van der Waals surface area contributed by atoms with Gasteiger partial charge in [-0.25, -0.2) is 5.48 Å². The Bertz CT molecular complexity index is 1140. The Morgan fingerprint density at radius 2 is 1.53 bits per heavy atom. The maximum atomic E-state index is 11.8. The summed E-state index contributed by atoms with van der Waals surface area (Å²) in [7, 11) is 0. The Morgan fingerprint density at radius 3 is 2.44 bits per heavy atom. The van der Waals surface area contributed by atoms with Gasteiger partial charge in [-0.2, -0.15) is 0 Å². The molecule has 5 nitrogen and oxygen atoms in total. The molecule has 0 radical (unpaired) electrons. The fraction of sp³-hybridized carbons (Fsp3) is 0.296. The Labute approximate surface area is 188 Å². The largest absolute Gasteiger partial charge is 0.494 e. The standard InChI is InChI=1S/C27H30N2O3/c30-27(29-32-20-21-11-5-4-6-12-21)15-7-2-1-3-10-18-31-22-16-17-24-23-13-8-9-14-25(23)28-26(24)19-22/h4-6,8-9,11-14,16-17,19,28H,1-3,7,10,15,18,20H2,(H,29,30). The van der Waals surface area contributed by atoms with Crippen molar-refractivity contribution in [2.75, 3.05) is 6.61 Å². The zero-order valence-electron chi connectivity index (χ0n) is 18.3. The second-order valence-corrected chi connectivity index (χ2v) is 8.04. The summed E-state index contributed by atoms with van der Waals surface area (Å²) in [6, 6.07) is 24.4. The van der Waals surface area contributed by atoms with Gasteiger partial charge in [0.25, 0.3) is 0 Å². The normalized spacial score (nSPS) is 11.1. The number of rotatable bonds is 12. The van der Waals surface area contributed by atoms with E-state index < -0.39 is 0 Å². The van der Waals surface area contributed by atoms with Gasteiger partial charge in [0.05, 0.1) is 18.7 Å². The van der Waals surface area contributed by atoms with Crippen molar-refractivity contribution in [1.82, 2.24) is 10.5 Å². The minimum absolute atomic E-state index is 0.0587. The molecule has 0 aliphatic heterocycles. The van der Waals surface area contributed by atoms with Crippen molar-refractivity contribution in [3.05, 3.63) is 78.4 Å². The highest BCUT2D eigenvalue weighted by molar-refractivity contribution is 6.07. The number of hydrogen-bond donors (Lipinski definition) is 2. The van der Waals surface area contributed by atoms with E-state index in [2.05, 4.69) is 40.8 Å². The van der Waals surface area contributed by atoms with E-state index >= 15 is 0 Å². The average molecular weight is 431 g/mol. The summed E-state index contributed by atoms with van der Waals surface area (Å²) in [5.41, 5.74) is 5.81. The summed E-state index contributed by atoms with van der Waals surface area (Å²) in [6.07, 6.45) is 5.61. The molecule has 0 aliphatic rings. The average Bonchev–Trinajstić information content (AvgIpc) is 3.19. The molecule has 0 bridgehead atoms. The molecule has 166 valence electrons. The van der Waals surface area contributed by atoms with Crippen LogP contribution in [-0.2, 0) is 16.2 Å². The smallest absolute Gasteiger partial charge is 0.243 e. The number of aromatic amines is 1. The SMILES string of the molecule is O=C(CCCCCCCOc1ccc2c(c1)[nH]c1ccccc12)NOCc1ccccc1. The number of carbonyl (C=O) groups excluding carboxylic acids is 1. The molecule has 32 heavy (non-hydrogen) atoms. The summed E-state index contributed by atoms with van der Waals surface area (Å²) >= 11 is 0. The zero-order chi connectivity index (χ0) is 22.0. The third kappa shape index (κ3) is 6.11. The lowest BCUT2D eigenvalue weighted by molar-refractivity contribution is -0.134. The summed E-state index contributed by atoms with van der Waals surface area (Å²) < 4.78 is 5.93. The van der Waals surface area contributed by atoms with Gasteiger partial charge in [0.1, 0.15) is 5.75 Å². The van der Waals surface area contributed by atoms with E-state index in [0.29, 0.717) is 19.6 Å². The van der Waals surface area contributed by atoms with Crippen molar-refractivity contribution < 1.29 is 14.4 Å². The minimum atomic E-state index is -0.0587. The monoisotopic (exact) mass is 430 g/mol. The van der Waals surface area contributed by atoms with Crippen LogP contribution in [0.15, 0.2) is 72.8 Å². The first kappa shape index (κ1) is 21.9. The molecule has 2 N–H and O–H groups in total. The van der Waals surface area contributed by atoms with Crippen LogP contribution in [0.4, 0.5) is 0 Å². The van der Waals surface area contributed by atoms with Crippen molar-refractivity contribution in [3.63, 3.8) is 0 Å². The topological polar surface area (TPSA) is 63.4 Å². The molecule has 0 saturated carbocycles. The number of aromatic nitrogens is 1. The molecule has 4 rings (SSSR count). The molecule has 0 saturated heterocycles. The molecule has 1 heterocycles. The first-order chi connectivity index (χ1) is 15.8. The molecule has 0 aliphatic carbocycles. The van der Waals surface area contributed by atoms with Crippen molar-refractivity contribution in [2.45, 2.75) is 45.1 Å². The predicted octanol–water partition coefficient (Wildman–Crippen LogP) is 6.29. The van der Waals surface area contributed by atoms with Crippen LogP contribution < -0.4 is 10.2 Å². The minimum Gasteiger partial charge on any atom is -0.494 e. The maximum absolute atomic E-state index is 11.8. The Hall–Kier alpha value is -3.31. The van der Waals surface area contributed by atoms with Gasteiger partial charge in [-0.3, -0.25) is 9.63 Å². The molecule has 0 atom stereocenters. The predicted molar refractivity (Wildman–Crippen MR) is 128 cm³/mol. The van der Waals surface area contributed by atoms with Crippen LogP contribution in [-0.4, -0.2) is 17.5 Å². The van der Waals surface area contributed by atoms with Gasteiger partial charge in [-0.05, 0) is 36.6 Å². The number of hydroxylamine groups is 1. The molecule has 0 unspecified atom stereocenters. The van der Waals surface area contributed by atoms with Crippen LogP contribution in [0, 0.1) is 0 Å². The quantitative estimate of drug-likeness (QED) is 0.205. The maximum Gasteiger partial charge on any atom is 0.243 e. The Morgan fingerprint density at radius 1 is 0.781 bits per heavy atom. The first-order valence-electron chi connectivity index (χ1n) is 11.4. The van der Waals surface area contributed by atoms with E-state index in [1.807, 2.05) is 42.5 Å². The van der Waals surface area contributed by atoms with Crippen LogP contribution in [0.2, 0.25) is 0 Å². The number of fused-ring (bicyclic) bond motifs is 3. The van der Waals surface area contributed by atoms with E-state index in [0.717, 1.165) is 54.5 Å². The third-order valence-electron chi connectivity index (χ3n) is 5.56. The molecular formula is C27H30N2O3. The van der Waals surface area contributed by atoms with Gasteiger partial charge >= 0.3 is 0 Å². The lowest BCUT2D eigenvalue weighted by atomic mass is 10.1. The number of H-pyrrole nitrogens is 1. The van der Waals surface area contributed by atoms with Gasteiger partial charge in [-0.1, -0.05) is 67.8 Å². The molecule has 1 amide bonds. The molecule has 4 aromatic rings. The lowest BCUT2D eigenvalue weighted by Crippen LogP contribution is -2.23. The van der Waals surface area contributed by atoms with Crippen LogP contribution in [0.25, 0.3) is 21.8 Å². The number of para-hydroxylation sites is 1. The van der Waals surface area contributed by atoms with E-state index in [-0.39, 0.29) is 5.91 Å². The van der Waals surface area contributed by atoms with Crippen LogP contribution in [0.1, 0.15) is 44.1 Å². The Balaban J connectivity index is 1.05. The van der Waals surface area contributed by atoms with Crippen LogP contribution in [0.3, 0.4) is 0 Å². The fourth-order valence-electron chi connectivity index (χ4n) is 3.86. The van der Waals surface area contributed by atoms with Gasteiger partial charge in [0.2, 0.25) is 5.91 Å². The van der Waals surface area contributed by atoms with Crippen LogP contribution in [0.5, 0.6) is 5.75 Å². The molecule has 3 aromatic carbocycles. The summed E-state index contributed by atoms with van der Waals surface area (Å²) in [5.74, 6) is 0.841. The molecule has 0 spiro atoms. The molecule has 5 heteroatoms. The number of carbonyl (C=O) groups is 1. The second-order valence-electron chi connectivity index (χ2n) is 8.04.